The van der Waals surface area contributed by atoms with Crippen LogP contribution in [-0.2, 0) is 16.2 Å². The molecular formula is C27H27ClF3N3O3S. The number of nitrogens with zero attached hydrogens (tertiary/aromatic N) is 2. The number of benzene rings is 3. The molecule has 3 aromatic carbocycles. The zero-order valence-electron chi connectivity index (χ0n) is 20.7. The molecule has 38 heavy (non-hydrogen) atoms. The van der Waals surface area contributed by atoms with Crippen LogP contribution in [0, 0.1) is 6.92 Å². The second kappa shape index (κ2) is 10.2. The van der Waals surface area contributed by atoms with Crippen molar-refractivity contribution in [3.63, 3.8) is 0 Å². The van der Waals surface area contributed by atoms with Crippen LogP contribution in [0.4, 0.5) is 24.5 Å². The van der Waals surface area contributed by atoms with E-state index in [0.29, 0.717) is 6.07 Å². The zero-order valence-corrected chi connectivity index (χ0v) is 22.3. The topological polar surface area (TPSA) is 69.7 Å². The first-order valence-corrected chi connectivity index (χ1v) is 13.4. The van der Waals surface area contributed by atoms with Crippen LogP contribution >= 0.6 is 12.4 Å². The van der Waals surface area contributed by atoms with E-state index in [1.165, 1.54) is 12.1 Å². The second-order valence-corrected chi connectivity index (χ2v) is 11.3. The zero-order chi connectivity index (χ0) is 26.5. The predicted molar refractivity (Wildman–Crippen MR) is 143 cm³/mol. The maximum atomic E-state index is 14.0. The molecule has 0 aromatic heterocycles. The van der Waals surface area contributed by atoms with E-state index in [0.717, 1.165) is 54.5 Å². The van der Waals surface area contributed by atoms with E-state index in [-0.39, 0.29) is 41.5 Å². The maximum Gasteiger partial charge on any atom is 0.416 e. The van der Waals surface area contributed by atoms with Gasteiger partial charge in [0, 0.05) is 24.2 Å². The van der Waals surface area contributed by atoms with E-state index in [1.807, 2.05) is 26.1 Å². The summed E-state index contributed by atoms with van der Waals surface area (Å²) in [7, 11) is -2.35. The number of rotatable bonds is 4. The molecule has 0 aliphatic carbocycles. The molecule has 0 saturated carbocycles. The molecule has 0 spiro atoms. The standard InChI is InChI=1S/C27H26F3N3O3S.ClH/c1-17-10-11-24-21(14-17)22-16-32(2)13-12-25(22)33(24)26(34)20-8-3-4-9-23(20)31-37(35,36)19-7-5-6-18(15-19)27(28,29)30;/h3-11,14-15,22,25,31H,12-13,16H2,1-2H3;1H. The molecule has 3 aromatic rings. The van der Waals surface area contributed by atoms with Crippen LogP contribution in [0.3, 0.4) is 0 Å². The molecule has 6 nitrogen and oxygen atoms in total. The van der Waals surface area contributed by atoms with Gasteiger partial charge in [-0.1, -0.05) is 35.9 Å². The number of amides is 1. The van der Waals surface area contributed by atoms with Crippen molar-refractivity contribution in [3.8, 4) is 0 Å². The molecule has 1 fully saturated rings. The number of anilines is 2. The average molecular weight is 566 g/mol. The summed E-state index contributed by atoms with van der Waals surface area (Å²) in [5.41, 5.74) is 2.05. The number of likely N-dealkylation sites (tertiary alicyclic amines) is 1. The Kier molecular flexibility index (Phi) is 7.53. The van der Waals surface area contributed by atoms with Crippen LogP contribution in [0.15, 0.2) is 71.6 Å². The molecule has 11 heteroatoms. The van der Waals surface area contributed by atoms with Crippen molar-refractivity contribution in [1.82, 2.24) is 4.90 Å². The third-order valence-corrected chi connectivity index (χ3v) is 8.41. The smallest absolute Gasteiger partial charge is 0.306 e. The van der Waals surface area contributed by atoms with Gasteiger partial charge in [0.1, 0.15) is 0 Å². The normalized spacial score (nSPS) is 19.3. The lowest BCUT2D eigenvalue weighted by Gasteiger charge is -2.36. The summed E-state index contributed by atoms with van der Waals surface area (Å²) in [4.78, 5) is 17.4. The van der Waals surface area contributed by atoms with Crippen LogP contribution in [-0.4, -0.2) is 45.4 Å². The highest BCUT2D eigenvalue weighted by molar-refractivity contribution is 7.92. The molecule has 2 heterocycles. The number of halogens is 4. The van der Waals surface area contributed by atoms with Crippen molar-refractivity contribution in [2.45, 2.75) is 36.4 Å². The Morgan fingerprint density at radius 1 is 1.03 bits per heavy atom. The monoisotopic (exact) mass is 565 g/mol. The number of piperidine rings is 1. The van der Waals surface area contributed by atoms with Crippen molar-refractivity contribution in [2.75, 3.05) is 29.8 Å². The van der Waals surface area contributed by atoms with E-state index >= 15 is 0 Å². The minimum Gasteiger partial charge on any atom is -0.306 e. The number of alkyl halides is 3. The molecule has 0 radical (unpaired) electrons. The number of likely N-dealkylation sites (N-methyl/N-ethyl adjacent to an activating group) is 1. The van der Waals surface area contributed by atoms with Gasteiger partial charge < -0.3 is 9.80 Å². The van der Waals surface area contributed by atoms with Gasteiger partial charge in [0.25, 0.3) is 15.9 Å². The Morgan fingerprint density at radius 2 is 1.76 bits per heavy atom. The Balaban J connectivity index is 0.00000336. The van der Waals surface area contributed by atoms with Gasteiger partial charge in [-0.3, -0.25) is 9.52 Å². The van der Waals surface area contributed by atoms with Crippen LogP contribution < -0.4 is 9.62 Å². The predicted octanol–water partition coefficient (Wildman–Crippen LogP) is 5.68. The molecular weight excluding hydrogens is 539 g/mol. The Morgan fingerprint density at radius 3 is 2.50 bits per heavy atom. The average Bonchev–Trinajstić information content (AvgIpc) is 3.16. The molecule has 5 rings (SSSR count). The fraction of sp³-hybridized carbons (Fsp3) is 0.296. The van der Waals surface area contributed by atoms with Crippen LogP contribution in [0.25, 0.3) is 0 Å². The SMILES string of the molecule is Cc1ccc2c(c1)C1CN(C)CCC1N2C(=O)c1ccccc1NS(=O)(=O)c1cccc(C(F)(F)F)c1.Cl. The molecule has 202 valence electrons. The summed E-state index contributed by atoms with van der Waals surface area (Å²) >= 11 is 0. The van der Waals surface area contributed by atoms with Gasteiger partial charge in [-0.25, -0.2) is 8.42 Å². The number of aryl methyl sites for hydroxylation is 1. The maximum absolute atomic E-state index is 14.0. The molecule has 2 aliphatic rings. The lowest BCUT2D eigenvalue weighted by atomic mass is 9.88. The largest absolute Gasteiger partial charge is 0.416 e. The minimum absolute atomic E-state index is 0. The van der Waals surface area contributed by atoms with Crippen molar-refractivity contribution in [1.29, 1.82) is 0 Å². The number of para-hydroxylation sites is 1. The second-order valence-electron chi connectivity index (χ2n) is 9.64. The van der Waals surface area contributed by atoms with E-state index in [2.05, 4.69) is 15.7 Å². The first-order chi connectivity index (χ1) is 17.5. The first-order valence-electron chi connectivity index (χ1n) is 11.9. The van der Waals surface area contributed by atoms with E-state index < -0.39 is 26.7 Å². The number of carbonyl (C=O) groups is 1. The number of hydrogen-bond acceptors (Lipinski definition) is 4. The summed E-state index contributed by atoms with van der Waals surface area (Å²) in [6.45, 7) is 3.63. The van der Waals surface area contributed by atoms with Crippen LogP contribution in [0.1, 0.15) is 39.4 Å². The van der Waals surface area contributed by atoms with Gasteiger partial charge in [0.15, 0.2) is 0 Å². The van der Waals surface area contributed by atoms with E-state index in [1.54, 1.807) is 17.0 Å². The van der Waals surface area contributed by atoms with Crippen molar-refractivity contribution < 1.29 is 26.4 Å². The highest BCUT2D eigenvalue weighted by atomic mass is 35.5. The van der Waals surface area contributed by atoms with Gasteiger partial charge in [-0.2, -0.15) is 13.2 Å². The summed E-state index contributed by atoms with van der Waals surface area (Å²) in [5.74, 6) is -0.226. The molecule has 1 amide bonds. The lowest BCUT2D eigenvalue weighted by Crippen LogP contribution is -2.47. The van der Waals surface area contributed by atoms with Crippen molar-refractivity contribution >= 4 is 39.7 Å². The summed E-state index contributed by atoms with van der Waals surface area (Å²) in [5, 5.41) is 0. The van der Waals surface area contributed by atoms with Crippen LogP contribution in [0.5, 0.6) is 0 Å². The number of carbonyl (C=O) groups excluding carboxylic acids is 1. The minimum atomic E-state index is -4.69. The molecule has 2 atom stereocenters. The molecule has 1 saturated heterocycles. The molecule has 0 bridgehead atoms. The molecule has 1 N–H and O–H groups in total. The molecule has 2 aliphatic heterocycles. The number of sulfonamides is 1. The number of hydrogen-bond donors (Lipinski definition) is 1. The van der Waals surface area contributed by atoms with Crippen LogP contribution in [0.2, 0.25) is 0 Å². The van der Waals surface area contributed by atoms with Gasteiger partial charge in [0.05, 0.1) is 21.7 Å². The summed E-state index contributed by atoms with van der Waals surface area (Å²) in [6, 6.07) is 15.6. The third-order valence-electron chi connectivity index (χ3n) is 7.05. The Hall–Kier alpha value is -3.08. The fourth-order valence-corrected chi connectivity index (χ4v) is 6.40. The Labute approximate surface area is 225 Å². The number of nitrogens with one attached hydrogen (secondary N) is 1. The van der Waals surface area contributed by atoms with Gasteiger partial charge in [-0.15, -0.1) is 12.4 Å². The summed E-state index contributed by atoms with van der Waals surface area (Å²) < 4.78 is 68.0. The van der Waals surface area contributed by atoms with Crippen molar-refractivity contribution in [2.24, 2.45) is 0 Å². The quantitative estimate of drug-likeness (QED) is 0.442. The molecule has 2 unspecified atom stereocenters. The van der Waals surface area contributed by atoms with Gasteiger partial charge >= 0.3 is 6.18 Å². The van der Waals surface area contributed by atoms with Crippen molar-refractivity contribution in [3.05, 3.63) is 89.0 Å². The highest BCUT2D eigenvalue weighted by Gasteiger charge is 2.44. The summed E-state index contributed by atoms with van der Waals surface area (Å²) in [6.07, 6.45) is -3.93. The Bertz CT molecular complexity index is 1480. The highest BCUT2D eigenvalue weighted by Crippen LogP contribution is 2.46. The lowest BCUT2D eigenvalue weighted by molar-refractivity contribution is -0.137. The van der Waals surface area contributed by atoms with E-state index in [9.17, 15) is 26.4 Å². The fourth-order valence-electron chi connectivity index (χ4n) is 5.28. The van der Waals surface area contributed by atoms with Gasteiger partial charge in [0.2, 0.25) is 0 Å². The van der Waals surface area contributed by atoms with Gasteiger partial charge in [-0.05, 0) is 68.9 Å². The van der Waals surface area contributed by atoms with E-state index in [4.69, 9.17) is 0 Å². The first kappa shape index (κ1) is 27.9. The third kappa shape index (κ3) is 5.12. The number of fused-ring (bicyclic) bond motifs is 3.